The monoisotopic (exact) mass is 311 g/mol. The Hall–Kier alpha value is -2.63. The Morgan fingerprint density at radius 1 is 1.22 bits per heavy atom. The molecule has 2 heterocycles. The minimum absolute atomic E-state index is 0.627. The fourth-order valence-corrected chi connectivity index (χ4v) is 2.67. The predicted octanol–water partition coefficient (Wildman–Crippen LogP) is 1.68. The highest BCUT2D eigenvalue weighted by Crippen LogP contribution is 2.15. The highest BCUT2D eigenvalue weighted by atomic mass is 16.1. The molecule has 0 spiro atoms. The maximum absolute atomic E-state index is 10.8. The first-order chi connectivity index (χ1) is 11.2. The van der Waals surface area contributed by atoms with Gasteiger partial charge in [-0.15, -0.1) is 0 Å². The lowest BCUT2D eigenvalue weighted by Crippen LogP contribution is -2.46. The number of nitrogens with zero attached hydrogens (tertiary/aromatic N) is 4. The standard InChI is InChI=1S/C17H21N5O/c1-14-3-2-4-15(11-14)12-19-17-18-6-5-16(20-17)22-9-7-21(13-23)8-10-22/h2-6,11,13H,7-10,12H2,1H3,(H,18,19,20). The molecule has 0 bridgehead atoms. The Labute approximate surface area is 136 Å². The van der Waals surface area contributed by atoms with E-state index in [1.165, 1.54) is 11.1 Å². The van der Waals surface area contributed by atoms with Crippen LogP contribution in [0, 0.1) is 6.92 Å². The summed E-state index contributed by atoms with van der Waals surface area (Å²) in [6, 6.07) is 10.3. The largest absolute Gasteiger partial charge is 0.353 e. The Morgan fingerprint density at radius 3 is 2.78 bits per heavy atom. The van der Waals surface area contributed by atoms with Gasteiger partial charge in [-0.05, 0) is 18.6 Å². The molecule has 2 aromatic rings. The van der Waals surface area contributed by atoms with Crippen LogP contribution in [0.5, 0.6) is 0 Å². The van der Waals surface area contributed by atoms with E-state index in [0.29, 0.717) is 12.5 Å². The predicted molar refractivity (Wildman–Crippen MR) is 90.4 cm³/mol. The van der Waals surface area contributed by atoms with Crippen LogP contribution >= 0.6 is 0 Å². The van der Waals surface area contributed by atoms with Crippen LogP contribution in [0.2, 0.25) is 0 Å². The van der Waals surface area contributed by atoms with Crippen LogP contribution in [0.1, 0.15) is 11.1 Å². The van der Waals surface area contributed by atoms with Gasteiger partial charge in [-0.3, -0.25) is 4.79 Å². The zero-order valence-corrected chi connectivity index (χ0v) is 13.3. The van der Waals surface area contributed by atoms with Gasteiger partial charge in [0.2, 0.25) is 12.4 Å². The molecule has 0 unspecified atom stereocenters. The highest BCUT2D eigenvalue weighted by Gasteiger charge is 2.16. The van der Waals surface area contributed by atoms with E-state index in [4.69, 9.17) is 0 Å². The SMILES string of the molecule is Cc1cccc(CNc2nccc(N3CCN(C=O)CC3)n2)c1. The Bertz CT molecular complexity index is 668. The molecule has 1 aromatic carbocycles. The van der Waals surface area contributed by atoms with Crippen LogP contribution in [-0.4, -0.2) is 47.5 Å². The van der Waals surface area contributed by atoms with Gasteiger partial charge in [0, 0.05) is 38.9 Å². The lowest BCUT2D eigenvalue weighted by Gasteiger charge is -2.33. The molecule has 0 saturated carbocycles. The summed E-state index contributed by atoms with van der Waals surface area (Å²) in [5.41, 5.74) is 2.45. The maximum Gasteiger partial charge on any atom is 0.224 e. The molecular formula is C17H21N5O. The molecule has 1 aromatic heterocycles. The first-order valence-electron chi connectivity index (χ1n) is 7.81. The molecule has 0 aliphatic carbocycles. The number of hydrogen-bond donors (Lipinski definition) is 1. The van der Waals surface area contributed by atoms with Crippen LogP contribution in [0.4, 0.5) is 11.8 Å². The van der Waals surface area contributed by atoms with Crippen molar-refractivity contribution in [3.63, 3.8) is 0 Å². The molecule has 23 heavy (non-hydrogen) atoms. The summed E-state index contributed by atoms with van der Waals surface area (Å²) in [6.07, 6.45) is 2.68. The number of aromatic nitrogens is 2. The van der Waals surface area contributed by atoms with Gasteiger partial charge in [0.25, 0.3) is 0 Å². The van der Waals surface area contributed by atoms with Gasteiger partial charge >= 0.3 is 0 Å². The molecule has 3 rings (SSSR count). The van der Waals surface area contributed by atoms with Gasteiger partial charge in [0.1, 0.15) is 5.82 Å². The van der Waals surface area contributed by atoms with Gasteiger partial charge in [-0.1, -0.05) is 29.8 Å². The van der Waals surface area contributed by atoms with E-state index in [1.807, 2.05) is 6.07 Å². The van der Waals surface area contributed by atoms with E-state index in [0.717, 1.165) is 38.4 Å². The number of nitrogens with one attached hydrogen (secondary N) is 1. The van der Waals surface area contributed by atoms with Crippen molar-refractivity contribution < 1.29 is 4.79 Å². The van der Waals surface area contributed by atoms with Crippen molar-refractivity contribution in [2.24, 2.45) is 0 Å². The normalized spacial score (nSPS) is 14.7. The van der Waals surface area contributed by atoms with Crippen molar-refractivity contribution in [1.29, 1.82) is 0 Å². The topological polar surface area (TPSA) is 61.4 Å². The molecular weight excluding hydrogens is 290 g/mol. The third-order valence-electron chi connectivity index (χ3n) is 3.96. The lowest BCUT2D eigenvalue weighted by atomic mass is 10.1. The van der Waals surface area contributed by atoms with Crippen molar-refractivity contribution in [2.45, 2.75) is 13.5 Å². The Balaban J connectivity index is 1.62. The van der Waals surface area contributed by atoms with E-state index < -0.39 is 0 Å². The number of piperazine rings is 1. The molecule has 0 radical (unpaired) electrons. The molecule has 1 aliphatic rings. The van der Waals surface area contributed by atoms with Crippen LogP contribution in [0.25, 0.3) is 0 Å². The fraction of sp³-hybridized carbons (Fsp3) is 0.353. The molecule has 1 fully saturated rings. The molecule has 1 aliphatic heterocycles. The number of hydrogen-bond acceptors (Lipinski definition) is 5. The average molecular weight is 311 g/mol. The second kappa shape index (κ2) is 7.09. The first kappa shape index (κ1) is 15.3. The summed E-state index contributed by atoms with van der Waals surface area (Å²) in [5.74, 6) is 1.53. The van der Waals surface area contributed by atoms with Crippen LogP contribution < -0.4 is 10.2 Å². The molecule has 1 saturated heterocycles. The van der Waals surface area contributed by atoms with Gasteiger partial charge in [-0.25, -0.2) is 4.98 Å². The smallest absolute Gasteiger partial charge is 0.224 e. The third-order valence-corrected chi connectivity index (χ3v) is 3.96. The zero-order valence-electron chi connectivity index (χ0n) is 13.3. The fourth-order valence-electron chi connectivity index (χ4n) is 2.67. The summed E-state index contributed by atoms with van der Waals surface area (Å²) in [7, 11) is 0. The summed E-state index contributed by atoms with van der Waals surface area (Å²) >= 11 is 0. The number of carbonyl (C=O) groups excluding carboxylic acids is 1. The van der Waals surface area contributed by atoms with E-state index in [2.05, 4.69) is 51.4 Å². The number of amides is 1. The third kappa shape index (κ3) is 3.97. The lowest BCUT2D eigenvalue weighted by molar-refractivity contribution is -0.118. The number of aryl methyl sites for hydroxylation is 1. The summed E-state index contributed by atoms with van der Waals surface area (Å²) in [4.78, 5) is 23.6. The molecule has 1 amide bonds. The van der Waals surface area contributed by atoms with Crippen LogP contribution in [-0.2, 0) is 11.3 Å². The van der Waals surface area contributed by atoms with Gasteiger partial charge in [-0.2, -0.15) is 4.98 Å². The van der Waals surface area contributed by atoms with E-state index in [-0.39, 0.29) is 0 Å². The van der Waals surface area contributed by atoms with Crippen molar-refractivity contribution in [3.05, 3.63) is 47.7 Å². The Kier molecular flexibility index (Phi) is 4.71. The molecule has 6 heteroatoms. The molecule has 120 valence electrons. The Morgan fingerprint density at radius 2 is 2.04 bits per heavy atom. The second-order valence-electron chi connectivity index (χ2n) is 5.71. The van der Waals surface area contributed by atoms with Crippen molar-refractivity contribution in [3.8, 4) is 0 Å². The summed E-state index contributed by atoms with van der Waals surface area (Å²) in [6.45, 7) is 5.85. The molecule has 0 atom stereocenters. The van der Waals surface area contributed by atoms with Gasteiger partial charge in [0.05, 0.1) is 0 Å². The number of carbonyl (C=O) groups is 1. The minimum Gasteiger partial charge on any atom is -0.353 e. The van der Waals surface area contributed by atoms with Crippen LogP contribution in [0.3, 0.4) is 0 Å². The van der Waals surface area contributed by atoms with Crippen molar-refractivity contribution in [1.82, 2.24) is 14.9 Å². The zero-order chi connectivity index (χ0) is 16.1. The average Bonchev–Trinajstić information content (AvgIpc) is 2.60. The quantitative estimate of drug-likeness (QED) is 0.851. The minimum atomic E-state index is 0.627. The van der Waals surface area contributed by atoms with E-state index >= 15 is 0 Å². The molecule has 1 N–H and O–H groups in total. The van der Waals surface area contributed by atoms with Gasteiger partial charge < -0.3 is 15.1 Å². The first-order valence-corrected chi connectivity index (χ1v) is 7.81. The van der Waals surface area contributed by atoms with E-state index in [9.17, 15) is 4.79 Å². The number of rotatable bonds is 5. The number of anilines is 2. The summed E-state index contributed by atoms with van der Waals surface area (Å²) in [5, 5.41) is 3.27. The second-order valence-corrected chi connectivity index (χ2v) is 5.71. The summed E-state index contributed by atoms with van der Waals surface area (Å²) < 4.78 is 0. The van der Waals surface area contributed by atoms with E-state index in [1.54, 1.807) is 11.1 Å². The van der Waals surface area contributed by atoms with Crippen LogP contribution in [0.15, 0.2) is 36.5 Å². The van der Waals surface area contributed by atoms with Gasteiger partial charge in [0.15, 0.2) is 0 Å². The van der Waals surface area contributed by atoms with Crippen molar-refractivity contribution >= 4 is 18.2 Å². The highest BCUT2D eigenvalue weighted by molar-refractivity contribution is 5.49. The maximum atomic E-state index is 10.8. The van der Waals surface area contributed by atoms with Crippen molar-refractivity contribution in [2.75, 3.05) is 36.4 Å². The molecule has 6 nitrogen and oxygen atoms in total. The number of benzene rings is 1.